The molecule has 0 aliphatic carbocycles. The lowest BCUT2D eigenvalue weighted by atomic mass is 10.2. The number of hydrogen-bond acceptors (Lipinski definition) is 5. The SMILES string of the molecule is COc1ccc(Br)cc1CSc1nnc(CO)n1C. The molecule has 0 aliphatic rings. The van der Waals surface area contributed by atoms with Crippen LogP contribution in [0.2, 0.25) is 0 Å². The van der Waals surface area contributed by atoms with Gasteiger partial charge < -0.3 is 14.4 Å². The van der Waals surface area contributed by atoms with Gasteiger partial charge in [0, 0.05) is 22.8 Å². The van der Waals surface area contributed by atoms with Crippen molar-refractivity contribution < 1.29 is 9.84 Å². The first-order valence-corrected chi connectivity index (χ1v) is 7.38. The number of thioether (sulfide) groups is 1. The molecule has 0 bridgehead atoms. The summed E-state index contributed by atoms with van der Waals surface area (Å²) in [5.74, 6) is 2.13. The molecule has 0 unspecified atom stereocenters. The number of rotatable bonds is 5. The average Bonchev–Trinajstić information content (AvgIpc) is 2.77. The quantitative estimate of drug-likeness (QED) is 0.844. The molecule has 0 atom stereocenters. The zero-order valence-electron chi connectivity index (χ0n) is 10.6. The van der Waals surface area contributed by atoms with E-state index in [1.165, 1.54) is 0 Å². The lowest BCUT2D eigenvalue weighted by Gasteiger charge is -2.08. The molecular weight excluding hydrogens is 330 g/mol. The summed E-state index contributed by atoms with van der Waals surface area (Å²) in [7, 11) is 3.50. The molecule has 0 aliphatic heterocycles. The lowest BCUT2D eigenvalue weighted by molar-refractivity contribution is 0.266. The fourth-order valence-corrected chi connectivity index (χ4v) is 2.93. The maximum absolute atomic E-state index is 9.08. The highest BCUT2D eigenvalue weighted by molar-refractivity contribution is 9.10. The number of hydrogen-bond donors (Lipinski definition) is 1. The van der Waals surface area contributed by atoms with Gasteiger partial charge >= 0.3 is 0 Å². The number of nitrogens with zero attached hydrogens (tertiary/aromatic N) is 3. The van der Waals surface area contributed by atoms with Crippen molar-refractivity contribution in [3.05, 3.63) is 34.1 Å². The molecule has 2 rings (SSSR count). The molecule has 0 amide bonds. The van der Waals surface area contributed by atoms with Crippen LogP contribution in [0.1, 0.15) is 11.4 Å². The maximum atomic E-state index is 9.08. The van der Waals surface area contributed by atoms with Crippen LogP contribution < -0.4 is 4.74 Å². The zero-order chi connectivity index (χ0) is 13.8. The van der Waals surface area contributed by atoms with Gasteiger partial charge in [0.1, 0.15) is 12.4 Å². The summed E-state index contributed by atoms with van der Waals surface area (Å²) in [5.41, 5.74) is 1.08. The summed E-state index contributed by atoms with van der Waals surface area (Å²) in [6.07, 6.45) is 0. The lowest BCUT2D eigenvalue weighted by Crippen LogP contribution is -1.98. The van der Waals surface area contributed by atoms with E-state index in [0.29, 0.717) is 5.82 Å². The Bertz CT molecular complexity index is 574. The third kappa shape index (κ3) is 3.29. The fraction of sp³-hybridized carbons (Fsp3) is 0.333. The van der Waals surface area contributed by atoms with Gasteiger partial charge in [0.05, 0.1) is 7.11 Å². The van der Waals surface area contributed by atoms with Crippen LogP contribution >= 0.6 is 27.7 Å². The van der Waals surface area contributed by atoms with E-state index in [4.69, 9.17) is 9.84 Å². The zero-order valence-corrected chi connectivity index (χ0v) is 13.0. The molecule has 0 saturated heterocycles. The molecule has 102 valence electrons. The molecule has 0 fully saturated rings. The Morgan fingerprint density at radius 2 is 2.21 bits per heavy atom. The molecular formula is C12H14BrN3O2S. The first-order chi connectivity index (χ1) is 9.15. The molecule has 0 saturated carbocycles. The Balaban J connectivity index is 2.13. The van der Waals surface area contributed by atoms with Gasteiger partial charge in [-0.15, -0.1) is 10.2 Å². The molecule has 19 heavy (non-hydrogen) atoms. The van der Waals surface area contributed by atoms with E-state index >= 15 is 0 Å². The number of aliphatic hydroxyl groups excluding tert-OH is 1. The molecule has 1 aromatic heterocycles. The van der Waals surface area contributed by atoms with Gasteiger partial charge in [-0.1, -0.05) is 27.7 Å². The predicted molar refractivity (Wildman–Crippen MR) is 77.2 cm³/mol. The van der Waals surface area contributed by atoms with E-state index in [0.717, 1.165) is 26.7 Å². The summed E-state index contributed by atoms with van der Waals surface area (Å²) >= 11 is 5.00. The van der Waals surface area contributed by atoms with Crippen LogP contribution in [0.4, 0.5) is 0 Å². The van der Waals surface area contributed by atoms with Crippen LogP contribution in [-0.2, 0) is 19.4 Å². The highest BCUT2D eigenvalue weighted by atomic mass is 79.9. The van der Waals surface area contributed by atoms with Crippen molar-refractivity contribution >= 4 is 27.7 Å². The molecule has 1 heterocycles. The molecule has 0 radical (unpaired) electrons. The van der Waals surface area contributed by atoms with E-state index in [2.05, 4.69) is 26.1 Å². The second-order valence-corrected chi connectivity index (χ2v) is 5.72. The van der Waals surface area contributed by atoms with Crippen molar-refractivity contribution in [1.29, 1.82) is 0 Å². The highest BCUT2D eigenvalue weighted by Crippen LogP contribution is 2.29. The topological polar surface area (TPSA) is 60.2 Å². The van der Waals surface area contributed by atoms with Crippen LogP contribution in [0.3, 0.4) is 0 Å². The van der Waals surface area contributed by atoms with Gasteiger partial charge in [0.15, 0.2) is 11.0 Å². The largest absolute Gasteiger partial charge is 0.496 e. The molecule has 2 aromatic rings. The van der Waals surface area contributed by atoms with Gasteiger partial charge in [-0.25, -0.2) is 0 Å². The highest BCUT2D eigenvalue weighted by Gasteiger charge is 2.10. The number of aliphatic hydroxyl groups is 1. The molecule has 7 heteroatoms. The van der Waals surface area contributed by atoms with E-state index in [-0.39, 0.29) is 6.61 Å². The third-order valence-corrected chi connectivity index (χ3v) is 4.23. The smallest absolute Gasteiger partial charge is 0.191 e. The van der Waals surface area contributed by atoms with Crippen LogP contribution in [-0.4, -0.2) is 27.0 Å². The number of aromatic nitrogens is 3. The van der Waals surface area contributed by atoms with Crippen molar-refractivity contribution in [1.82, 2.24) is 14.8 Å². The average molecular weight is 344 g/mol. The fourth-order valence-electron chi connectivity index (χ4n) is 1.61. The summed E-state index contributed by atoms with van der Waals surface area (Å²) < 4.78 is 8.13. The minimum atomic E-state index is -0.107. The van der Waals surface area contributed by atoms with Gasteiger partial charge in [0.25, 0.3) is 0 Å². The molecule has 1 N–H and O–H groups in total. The van der Waals surface area contributed by atoms with Crippen molar-refractivity contribution in [2.75, 3.05) is 7.11 Å². The molecule has 5 nitrogen and oxygen atoms in total. The molecule has 0 spiro atoms. The van der Waals surface area contributed by atoms with E-state index in [1.807, 2.05) is 25.2 Å². The van der Waals surface area contributed by atoms with Gasteiger partial charge in [-0.2, -0.15) is 0 Å². The predicted octanol–water partition coefficient (Wildman–Crippen LogP) is 2.37. The summed E-state index contributed by atoms with van der Waals surface area (Å²) in [6, 6.07) is 5.89. The van der Waals surface area contributed by atoms with Crippen molar-refractivity contribution in [3.63, 3.8) is 0 Å². The van der Waals surface area contributed by atoms with Crippen LogP contribution in [0, 0.1) is 0 Å². The first kappa shape index (κ1) is 14.4. The summed E-state index contributed by atoms with van der Waals surface area (Å²) in [6.45, 7) is -0.107. The number of halogens is 1. The minimum absolute atomic E-state index is 0.107. The van der Waals surface area contributed by atoms with E-state index < -0.39 is 0 Å². The van der Waals surface area contributed by atoms with Crippen molar-refractivity contribution in [2.45, 2.75) is 17.5 Å². The van der Waals surface area contributed by atoms with E-state index in [9.17, 15) is 0 Å². The Morgan fingerprint density at radius 1 is 1.42 bits per heavy atom. The van der Waals surface area contributed by atoms with Gasteiger partial charge in [0.2, 0.25) is 0 Å². The summed E-state index contributed by atoms with van der Waals surface area (Å²) in [4.78, 5) is 0. The second kappa shape index (κ2) is 6.40. The van der Waals surface area contributed by atoms with Gasteiger partial charge in [-0.05, 0) is 18.2 Å². The standard InChI is InChI=1S/C12H14BrN3O2S/c1-16-11(6-17)14-15-12(16)19-7-8-5-9(13)3-4-10(8)18-2/h3-5,17H,6-7H2,1-2H3. The number of ether oxygens (including phenoxy) is 1. The Labute approximate surface area is 124 Å². The Hall–Kier alpha value is -1.05. The van der Waals surface area contributed by atoms with Crippen molar-refractivity contribution in [2.24, 2.45) is 7.05 Å². The summed E-state index contributed by atoms with van der Waals surface area (Å²) in [5, 5.41) is 17.8. The first-order valence-electron chi connectivity index (χ1n) is 5.60. The monoisotopic (exact) mass is 343 g/mol. The minimum Gasteiger partial charge on any atom is -0.496 e. The normalized spacial score (nSPS) is 10.7. The van der Waals surface area contributed by atoms with E-state index in [1.54, 1.807) is 23.4 Å². The molecule has 1 aromatic carbocycles. The Kier molecular flexibility index (Phi) is 4.84. The van der Waals surface area contributed by atoms with Crippen LogP contribution in [0.25, 0.3) is 0 Å². The number of methoxy groups -OCH3 is 1. The second-order valence-electron chi connectivity index (χ2n) is 3.86. The van der Waals surface area contributed by atoms with Crippen LogP contribution in [0.5, 0.6) is 5.75 Å². The number of benzene rings is 1. The van der Waals surface area contributed by atoms with Crippen LogP contribution in [0.15, 0.2) is 27.8 Å². The maximum Gasteiger partial charge on any atom is 0.191 e. The van der Waals surface area contributed by atoms with Gasteiger partial charge in [-0.3, -0.25) is 0 Å². The third-order valence-electron chi connectivity index (χ3n) is 2.67. The van der Waals surface area contributed by atoms with Crippen molar-refractivity contribution in [3.8, 4) is 5.75 Å². The Morgan fingerprint density at radius 3 is 2.84 bits per heavy atom.